The highest BCUT2D eigenvalue weighted by molar-refractivity contribution is 7.17. The molecular formula is C30H30N2O4S. The molecule has 2 heterocycles. The van der Waals surface area contributed by atoms with Crippen molar-refractivity contribution in [2.45, 2.75) is 46.1 Å². The van der Waals surface area contributed by atoms with Gasteiger partial charge in [0.2, 0.25) is 0 Å². The molecule has 0 unspecified atom stereocenters. The molecule has 0 fully saturated rings. The van der Waals surface area contributed by atoms with Crippen molar-refractivity contribution in [3.63, 3.8) is 0 Å². The number of hydrogen-bond acceptors (Lipinski definition) is 6. The summed E-state index contributed by atoms with van der Waals surface area (Å²) < 4.78 is 10.9. The van der Waals surface area contributed by atoms with Crippen LogP contribution in [0.5, 0.6) is 5.75 Å². The number of esters is 1. The number of fused-ring (bicyclic) bond motifs is 2. The maximum absolute atomic E-state index is 13.7. The summed E-state index contributed by atoms with van der Waals surface area (Å²) in [6.07, 6.45) is 2.81. The molecule has 6 nitrogen and oxygen atoms in total. The predicted molar refractivity (Wildman–Crippen MR) is 148 cm³/mol. The van der Waals surface area contributed by atoms with Gasteiger partial charge in [-0.1, -0.05) is 25.1 Å². The van der Waals surface area contributed by atoms with Gasteiger partial charge in [0.25, 0.3) is 5.91 Å². The van der Waals surface area contributed by atoms with E-state index in [0.29, 0.717) is 27.7 Å². The van der Waals surface area contributed by atoms with Crippen LogP contribution < -0.4 is 10.1 Å². The number of anilines is 1. The second-order valence-electron chi connectivity index (χ2n) is 9.76. The van der Waals surface area contributed by atoms with E-state index in [0.717, 1.165) is 51.9 Å². The molecule has 2 aromatic heterocycles. The van der Waals surface area contributed by atoms with Crippen molar-refractivity contribution in [1.29, 1.82) is 0 Å². The molecule has 0 radical (unpaired) electrons. The Bertz CT molecular complexity index is 1470. The van der Waals surface area contributed by atoms with Crippen molar-refractivity contribution < 1.29 is 19.1 Å². The third-order valence-corrected chi connectivity index (χ3v) is 7.78. The van der Waals surface area contributed by atoms with Crippen LogP contribution in [0.2, 0.25) is 0 Å². The topological polar surface area (TPSA) is 77.5 Å². The van der Waals surface area contributed by atoms with Gasteiger partial charge in [0.1, 0.15) is 10.8 Å². The number of hydrogen-bond donors (Lipinski definition) is 1. The van der Waals surface area contributed by atoms with Crippen LogP contribution in [0.25, 0.3) is 22.2 Å². The fraction of sp³-hybridized carbons (Fsp3) is 0.300. The molecule has 1 amide bonds. The fourth-order valence-corrected chi connectivity index (χ4v) is 6.21. The molecule has 1 atom stereocenters. The first-order valence-electron chi connectivity index (χ1n) is 12.5. The SMILES string of the molecule is COC(=O)c1c(NC(=O)c2cc(-c3ccc(OC(C)C)cc3)nc3ccccc23)sc2c1CC[C@H](C)C2. The Morgan fingerprint density at radius 1 is 1.11 bits per heavy atom. The molecule has 5 rings (SSSR count). The molecule has 4 aromatic rings. The quantitative estimate of drug-likeness (QED) is 0.283. The maximum atomic E-state index is 13.7. The zero-order valence-corrected chi connectivity index (χ0v) is 22.3. The lowest BCUT2D eigenvalue weighted by molar-refractivity contribution is 0.0601. The fourth-order valence-electron chi connectivity index (χ4n) is 4.81. The van der Waals surface area contributed by atoms with Crippen molar-refractivity contribution in [3.05, 3.63) is 76.2 Å². The second kappa shape index (κ2) is 10.3. The Balaban J connectivity index is 1.54. The Hall–Kier alpha value is -3.71. The van der Waals surface area contributed by atoms with E-state index in [1.165, 1.54) is 18.4 Å². The average molecular weight is 515 g/mol. The minimum Gasteiger partial charge on any atom is -0.491 e. The minimum absolute atomic E-state index is 0.0842. The molecule has 0 spiro atoms. The van der Waals surface area contributed by atoms with Crippen molar-refractivity contribution in [2.75, 3.05) is 12.4 Å². The molecule has 0 bridgehead atoms. The smallest absolute Gasteiger partial charge is 0.341 e. The van der Waals surface area contributed by atoms with E-state index in [1.807, 2.05) is 68.4 Å². The summed E-state index contributed by atoms with van der Waals surface area (Å²) in [6, 6.07) is 17.1. The van der Waals surface area contributed by atoms with Crippen molar-refractivity contribution >= 4 is 39.1 Å². The van der Waals surface area contributed by atoms with Gasteiger partial charge in [-0.05, 0) is 81.0 Å². The van der Waals surface area contributed by atoms with E-state index >= 15 is 0 Å². The number of pyridine rings is 1. The number of amides is 1. The number of benzene rings is 2. The highest BCUT2D eigenvalue weighted by atomic mass is 32.1. The Labute approximate surface area is 220 Å². The van der Waals surface area contributed by atoms with E-state index in [-0.39, 0.29) is 12.0 Å². The number of ether oxygens (including phenoxy) is 2. The Morgan fingerprint density at radius 2 is 1.86 bits per heavy atom. The third kappa shape index (κ3) is 5.09. The molecule has 1 aliphatic carbocycles. The van der Waals surface area contributed by atoms with Gasteiger partial charge >= 0.3 is 5.97 Å². The van der Waals surface area contributed by atoms with Crippen LogP contribution in [-0.4, -0.2) is 30.1 Å². The third-order valence-electron chi connectivity index (χ3n) is 6.61. The van der Waals surface area contributed by atoms with Gasteiger partial charge in [-0.2, -0.15) is 0 Å². The van der Waals surface area contributed by atoms with E-state index in [9.17, 15) is 9.59 Å². The van der Waals surface area contributed by atoms with E-state index in [1.54, 1.807) is 0 Å². The molecule has 0 aliphatic heterocycles. The Morgan fingerprint density at radius 3 is 2.59 bits per heavy atom. The number of nitrogens with zero attached hydrogens (tertiary/aromatic N) is 1. The summed E-state index contributed by atoms with van der Waals surface area (Å²) in [7, 11) is 1.38. The van der Waals surface area contributed by atoms with E-state index in [4.69, 9.17) is 14.5 Å². The van der Waals surface area contributed by atoms with Crippen molar-refractivity contribution in [1.82, 2.24) is 4.98 Å². The summed E-state index contributed by atoms with van der Waals surface area (Å²) in [5.74, 6) is 0.635. The molecule has 2 aromatic carbocycles. The van der Waals surface area contributed by atoms with Crippen molar-refractivity contribution in [3.8, 4) is 17.0 Å². The first-order valence-corrected chi connectivity index (χ1v) is 13.4. The van der Waals surface area contributed by atoms with Gasteiger partial charge in [-0.15, -0.1) is 11.3 Å². The molecule has 190 valence electrons. The molecular weight excluding hydrogens is 484 g/mol. The predicted octanol–water partition coefficient (Wildman–Crippen LogP) is 6.91. The summed E-state index contributed by atoms with van der Waals surface area (Å²) in [4.78, 5) is 32.4. The van der Waals surface area contributed by atoms with Gasteiger partial charge in [0, 0.05) is 15.8 Å². The van der Waals surface area contributed by atoms with Gasteiger partial charge in [0.05, 0.1) is 35.6 Å². The summed E-state index contributed by atoms with van der Waals surface area (Å²) >= 11 is 1.48. The maximum Gasteiger partial charge on any atom is 0.341 e. The van der Waals surface area contributed by atoms with Gasteiger partial charge in [-0.3, -0.25) is 4.79 Å². The first kappa shape index (κ1) is 25.0. The molecule has 37 heavy (non-hydrogen) atoms. The van der Waals surface area contributed by atoms with Crippen LogP contribution in [0.4, 0.5) is 5.00 Å². The average Bonchev–Trinajstić information content (AvgIpc) is 3.24. The number of methoxy groups -OCH3 is 1. The van der Waals surface area contributed by atoms with Gasteiger partial charge in [-0.25, -0.2) is 9.78 Å². The van der Waals surface area contributed by atoms with Crippen molar-refractivity contribution in [2.24, 2.45) is 5.92 Å². The first-order chi connectivity index (χ1) is 17.8. The number of carbonyl (C=O) groups excluding carboxylic acids is 2. The lowest BCUT2D eigenvalue weighted by Crippen LogP contribution is -2.16. The molecule has 0 saturated carbocycles. The standard InChI is InChI=1S/C30H30N2O4S/c1-17(2)36-20-12-10-19(11-13-20)25-16-23(21-7-5-6-8-24(21)31-25)28(33)32-29-27(30(34)35-4)22-14-9-18(3)15-26(22)37-29/h5-8,10-13,16-18H,9,14-15H2,1-4H3,(H,32,33)/t18-/m0/s1. The molecule has 1 N–H and O–H groups in total. The normalized spacial score (nSPS) is 14.9. The highest BCUT2D eigenvalue weighted by Gasteiger charge is 2.29. The zero-order chi connectivity index (χ0) is 26.1. The van der Waals surface area contributed by atoms with Gasteiger partial charge in [0.15, 0.2) is 0 Å². The van der Waals surface area contributed by atoms with E-state index < -0.39 is 5.97 Å². The van der Waals surface area contributed by atoms with Crippen LogP contribution in [-0.2, 0) is 17.6 Å². The van der Waals surface area contributed by atoms with Crippen LogP contribution in [0, 0.1) is 5.92 Å². The van der Waals surface area contributed by atoms with Crippen LogP contribution in [0.1, 0.15) is 58.3 Å². The largest absolute Gasteiger partial charge is 0.491 e. The highest BCUT2D eigenvalue weighted by Crippen LogP contribution is 2.40. The number of aromatic nitrogens is 1. The minimum atomic E-state index is -0.411. The monoisotopic (exact) mass is 514 g/mol. The lowest BCUT2D eigenvalue weighted by atomic mass is 9.88. The summed E-state index contributed by atoms with van der Waals surface area (Å²) in [6.45, 7) is 6.19. The van der Waals surface area contributed by atoms with E-state index in [2.05, 4.69) is 12.2 Å². The summed E-state index contributed by atoms with van der Waals surface area (Å²) in [5, 5.41) is 4.34. The molecule has 1 aliphatic rings. The lowest BCUT2D eigenvalue weighted by Gasteiger charge is -2.18. The number of para-hydroxylation sites is 1. The number of nitrogens with one attached hydrogen (secondary N) is 1. The van der Waals surface area contributed by atoms with Crippen LogP contribution >= 0.6 is 11.3 Å². The zero-order valence-electron chi connectivity index (χ0n) is 21.5. The molecule has 0 saturated heterocycles. The van der Waals surface area contributed by atoms with Gasteiger partial charge < -0.3 is 14.8 Å². The second-order valence-corrected chi connectivity index (χ2v) is 10.9. The van der Waals surface area contributed by atoms with Crippen LogP contribution in [0.15, 0.2) is 54.6 Å². The Kier molecular flexibility index (Phi) is 6.98. The molecule has 7 heteroatoms. The number of rotatable bonds is 6. The number of carbonyl (C=O) groups is 2. The van der Waals surface area contributed by atoms with Crippen LogP contribution in [0.3, 0.4) is 0 Å². The summed E-state index contributed by atoms with van der Waals surface area (Å²) in [5.41, 5.74) is 4.29. The number of thiophene rings is 1.